The molecule has 1 aliphatic rings. The molecule has 0 aliphatic carbocycles. The number of nitrogens with zero attached hydrogens (tertiary/aromatic N) is 2. The van der Waals surface area contributed by atoms with Gasteiger partial charge in [-0.1, -0.05) is 6.07 Å². The fraction of sp³-hybridized carbons (Fsp3) is 0.625. The Morgan fingerprint density at radius 1 is 1.48 bits per heavy atom. The molecule has 7 heteroatoms. The van der Waals surface area contributed by atoms with Crippen LogP contribution in [0.1, 0.15) is 11.3 Å². The molecule has 1 aromatic heterocycles. The number of guanidine groups is 1. The van der Waals surface area contributed by atoms with Gasteiger partial charge < -0.3 is 20.3 Å². The SMILES string of the molecule is CN(C)C(=O)CN=C(NCCc1cccs1)NCC1CCOC1. The minimum Gasteiger partial charge on any atom is -0.381 e. The lowest BCUT2D eigenvalue weighted by atomic mass is 10.1. The zero-order chi connectivity index (χ0) is 16.5. The van der Waals surface area contributed by atoms with Crippen LogP contribution in [0.15, 0.2) is 22.5 Å². The fourth-order valence-electron chi connectivity index (χ4n) is 2.21. The Hall–Kier alpha value is -1.60. The van der Waals surface area contributed by atoms with Crippen molar-refractivity contribution in [3.63, 3.8) is 0 Å². The molecule has 1 unspecified atom stereocenters. The number of thiophene rings is 1. The van der Waals surface area contributed by atoms with E-state index in [0.717, 1.165) is 39.1 Å². The third-order valence-corrected chi connectivity index (χ3v) is 4.63. The van der Waals surface area contributed by atoms with Crippen LogP contribution < -0.4 is 10.6 Å². The average Bonchev–Trinajstić information content (AvgIpc) is 3.22. The summed E-state index contributed by atoms with van der Waals surface area (Å²) < 4.78 is 5.39. The van der Waals surface area contributed by atoms with Crippen LogP contribution in [0.25, 0.3) is 0 Å². The second kappa shape index (κ2) is 9.52. The Morgan fingerprint density at radius 3 is 3.00 bits per heavy atom. The van der Waals surface area contributed by atoms with E-state index in [1.165, 1.54) is 4.88 Å². The number of ether oxygens (including phenoxy) is 1. The molecule has 0 aromatic carbocycles. The molecule has 1 saturated heterocycles. The summed E-state index contributed by atoms with van der Waals surface area (Å²) in [6.45, 7) is 3.41. The summed E-state index contributed by atoms with van der Waals surface area (Å²) in [7, 11) is 3.48. The van der Waals surface area contributed by atoms with Gasteiger partial charge in [-0.3, -0.25) is 4.79 Å². The number of hydrogen-bond donors (Lipinski definition) is 2. The number of likely N-dealkylation sites (N-methyl/N-ethyl adjacent to an activating group) is 1. The van der Waals surface area contributed by atoms with Crippen molar-refractivity contribution in [2.24, 2.45) is 10.9 Å². The molecule has 2 N–H and O–H groups in total. The van der Waals surface area contributed by atoms with E-state index in [1.807, 2.05) is 0 Å². The normalized spacial score (nSPS) is 18.0. The van der Waals surface area contributed by atoms with Crippen LogP contribution in [0, 0.1) is 5.92 Å². The predicted octanol–water partition coefficient (Wildman–Crippen LogP) is 0.950. The molecule has 1 atom stereocenters. The van der Waals surface area contributed by atoms with Crippen LogP contribution in [-0.4, -0.2) is 63.7 Å². The number of nitrogens with one attached hydrogen (secondary N) is 2. The quantitative estimate of drug-likeness (QED) is 0.574. The largest absolute Gasteiger partial charge is 0.381 e. The predicted molar refractivity (Wildman–Crippen MR) is 94.0 cm³/mol. The lowest BCUT2D eigenvalue weighted by Crippen LogP contribution is -2.41. The first-order valence-corrected chi connectivity index (χ1v) is 8.85. The van der Waals surface area contributed by atoms with E-state index in [4.69, 9.17) is 4.74 Å². The van der Waals surface area contributed by atoms with E-state index in [1.54, 1.807) is 30.3 Å². The lowest BCUT2D eigenvalue weighted by molar-refractivity contribution is -0.127. The number of carbonyl (C=O) groups excluding carboxylic acids is 1. The van der Waals surface area contributed by atoms with Crippen molar-refractivity contribution < 1.29 is 9.53 Å². The number of hydrogen-bond acceptors (Lipinski definition) is 4. The number of rotatable bonds is 7. The zero-order valence-electron chi connectivity index (χ0n) is 13.9. The van der Waals surface area contributed by atoms with Crippen LogP contribution in [0.3, 0.4) is 0 Å². The summed E-state index contributed by atoms with van der Waals surface area (Å²) in [6.07, 6.45) is 2.03. The first kappa shape index (κ1) is 17.7. The van der Waals surface area contributed by atoms with Crippen molar-refractivity contribution in [1.82, 2.24) is 15.5 Å². The van der Waals surface area contributed by atoms with Gasteiger partial charge in [0.25, 0.3) is 0 Å². The second-order valence-electron chi connectivity index (χ2n) is 5.82. The third-order valence-electron chi connectivity index (χ3n) is 3.70. The minimum atomic E-state index is -0.00597. The molecular weight excluding hydrogens is 312 g/mol. The molecule has 0 bridgehead atoms. The highest BCUT2D eigenvalue weighted by Crippen LogP contribution is 2.10. The van der Waals surface area contributed by atoms with Gasteiger partial charge in [0, 0.05) is 44.6 Å². The summed E-state index contributed by atoms with van der Waals surface area (Å²) in [4.78, 5) is 19.0. The topological polar surface area (TPSA) is 66.0 Å². The van der Waals surface area contributed by atoms with Crippen molar-refractivity contribution in [2.75, 3.05) is 46.9 Å². The maximum atomic E-state index is 11.7. The molecule has 1 fully saturated rings. The number of amides is 1. The van der Waals surface area contributed by atoms with Crippen LogP contribution in [0.5, 0.6) is 0 Å². The monoisotopic (exact) mass is 338 g/mol. The maximum Gasteiger partial charge on any atom is 0.243 e. The molecule has 2 rings (SSSR count). The Kier molecular flexibility index (Phi) is 7.35. The van der Waals surface area contributed by atoms with Gasteiger partial charge in [-0.05, 0) is 24.3 Å². The van der Waals surface area contributed by atoms with Crippen LogP contribution in [-0.2, 0) is 16.0 Å². The number of aliphatic imine (C=N–C) groups is 1. The number of carbonyl (C=O) groups is 1. The smallest absolute Gasteiger partial charge is 0.243 e. The summed E-state index contributed by atoms with van der Waals surface area (Å²) in [5.41, 5.74) is 0. The van der Waals surface area contributed by atoms with Crippen molar-refractivity contribution in [2.45, 2.75) is 12.8 Å². The summed E-state index contributed by atoms with van der Waals surface area (Å²) in [5, 5.41) is 8.72. The van der Waals surface area contributed by atoms with Crippen LogP contribution in [0.2, 0.25) is 0 Å². The van der Waals surface area contributed by atoms with E-state index >= 15 is 0 Å². The van der Waals surface area contributed by atoms with Gasteiger partial charge in [0.05, 0.1) is 6.61 Å². The third kappa shape index (κ3) is 6.58. The molecule has 23 heavy (non-hydrogen) atoms. The molecule has 2 heterocycles. The Balaban J connectivity index is 1.81. The highest BCUT2D eigenvalue weighted by molar-refractivity contribution is 7.09. The van der Waals surface area contributed by atoms with Gasteiger partial charge >= 0.3 is 0 Å². The van der Waals surface area contributed by atoms with E-state index in [2.05, 4.69) is 33.1 Å². The van der Waals surface area contributed by atoms with E-state index in [-0.39, 0.29) is 12.5 Å². The summed E-state index contributed by atoms with van der Waals surface area (Å²) in [6, 6.07) is 4.19. The van der Waals surface area contributed by atoms with Crippen molar-refractivity contribution in [3.8, 4) is 0 Å². The average molecular weight is 338 g/mol. The van der Waals surface area contributed by atoms with Crippen LogP contribution >= 0.6 is 11.3 Å². The highest BCUT2D eigenvalue weighted by Gasteiger charge is 2.16. The van der Waals surface area contributed by atoms with Gasteiger partial charge in [0.15, 0.2) is 5.96 Å². The lowest BCUT2D eigenvalue weighted by Gasteiger charge is -2.15. The molecule has 0 spiro atoms. The Bertz CT molecular complexity index is 496. The highest BCUT2D eigenvalue weighted by atomic mass is 32.1. The molecule has 6 nitrogen and oxygen atoms in total. The van der Waals surface area contributed by atoms with E-state index in [0.29, 0.717) is 11.9 Å². The molecule has 128 valence electrons. The van der Waals surface area contributed by atoms with Gasteiger partial charge in [0.1, 0.15) is 6.54 Å². The van der Waals surface area contributed by atoms with E-state index < -0.39 is 0 Å². The molecule has 1 amide bonds. The van der Waals surface area contributed by atoms with Gasteiger partial charge in [-0.15, -0.1) is 11.3 Å². The molecule has 1 aromatic rings. The van der Waals surface area contributed by atoms with Gasteiger partial charge in [0.2, 0.25) is 5.91 Å². The van der Waals surface area contributed by atoms with Gasteiger partial charge in [-0.2, -0.15) is 0 Å². The summed E-state index contributed by atoms with van der Waals surface area (Å²) >= 11 is 1.75. The van der Waals surface area contributed by atoms with Crippen molar-refractivity contribution in [3.05, 3.63) is 22.4 Å². The Morgan fingerprint density at radius 2 is 2.35 bits per heavy atom. The van der Waals surface area contributed by atoms with Crippen LogP contribution in [0.4, 0.5) is 0 Å². The maximum absolute atomic E-state index is 11.7. The van der Waals surface area contributed by atoms with Crippen molar-refractivity contribution >= 4 is 23.2 Å². The molecule has 1 aliphatic heterocycles. The summed E-state index contributed by atoms with van der Waals surface area (Å²) in [5.74, 6) is 1.21. The van der Waals surface area contributed by atoms with Crippen molar-refractivity contribution in [1.29, 1.82) is 0 Å². The first-order valence-electron chi connectivity index (χ1n) is 7.97. The fourth-order valence-corrected chi connectivity index (χ4v) is 2.92. The standard InChI is InChI=1S/C16H26N4O2S/c1-20(2)15(21)11-19-16(18-10-13-6-8-22-12-13)17-7-5-14-4-3-9-23-14/h3-4,9,13H,5-8,10-12H2,1-2H3,(H2,17,18,19). The van der Waals surface area contributed by atoms with Gasteiger partial charge in [-0.25, -0.2) is 4.99 Å². The Labute approximate surface area is 141 Å². The second-order valence-corrected chi connectivity index (χ2v) is 6.85. The molecular formula is C16H26N4O2S. The minimum absolute atomic E-state index is 0.00597. The molecule has 0 radical (unpaired) electrons. The zero-order valence-corrected chi connectivity index (χ0v) is 14.7. The van der Waals surface area contributed by atoms with E-state index in [9.17, 15) is 4.79 Å². The first-order chi connectivity index (χ1) is 11.1. The molecule has 0 saturated carbocycles.